The molecule has 0 radical (unpaired) electrons. The summed E-state index contributed by atoms with van der Waals surface area (Å²) in [5.41, 5.74) is 0.588. The number of aromatic hydroxyl groups is 1. The number of aliphatic hydroxyl groups excluding tert-OH is 4. The number of aliphatic hydroxyl groups is 4. The van der Waals surface area contributed by atoms with Gasteiger partial charge < -0.3 is 35.0 Å². The van der Waals surface area contributed by atoms with Gasteiger partial charge >= 0.3 is 0 Å². The Hall–Kier alpha value is -1.22. The zero-order valence-electron chi connectivity index (χ0n) is 10.7. The van der Waals surface area contributed by atoms with Gasteiger partial charge in [-0.1, -0.05) is 12.1 Å². The van der Waals surface area contributed by atoms with E-state index in [9.17, 15) is 15.3 Å². The largest absolute Gasteiger partial charge is 0.508 e. The minimum Gasteiger partial charge on any atom is -0.508 e. The van der Waals surface area contributed by atoms with Gasteiger partial charge in [0.1, 0.15) is 30.2 Å². The van der Waals surface area contributed by atoms with Crippen LogP contribution in [0.1, 0.15) is 11.9 Å². The van der Waals surface area contributed by atoms with Gasteiger partial charge in [0.2, 0.25) is 0 Å². The van der Waals surface area contributed by atoms with Gasteiger partial charge in [-0.2, -0.15) is 0 Å². The Labute approximate surface area is 115 Å². The van der Waals surface area contributed by atoms with Crippen molar-refractivity contribution in [2.45, 2.75) is 30.7 Å². The Kier molecular flexibility index (Phi) is 4.92. The number of phenolic OH excluding ortho intramolecular Hbond substituents is 1. The van der Waals surface area contributed by atoms with Crippen molar-refractivity contribution in [2.75, 3.05) is 13.2 Å². The molecule has 1 fully saturated rings. The molecule has 7 heteroatoms. The number of rotatable bonds is 5. The Morgan fingerprint density at radius 1 is 0.900 bits per heavy atom. The molecule has 1 saturated heterocycles. The van der Waals surface area contributed by atoms with Crippen LogP contribution >= 0.6 is 0 Å². The van der Waals surface area contributed by atoms with Crippen LogP contribution < -0.4 is 0 Å². The van der Waals surface area contributed by atoms with E-state index < -0.39 is 43.9 Å². The lowest BCUT2D eigenvalue weighted by atomic mass is 10.0. The summed E-state index contributed by atoms with van der Waals surface area (Å²) in [5, 5.41) is 46.6. The van der Waals surface area contributed by atoms with Gasteiger partial charge in [-0.3, -0.25) is 0 Å². The molecule has 7 nitrogen and oxygen atoms in total. The van der Waals surface area contributed by atoms with Crippen molar-refractivity contribution in [2.24, 2.45) is 0 Å². The van der Waals surface area contributed by atoms with E-state index in [1.54, 1.807) is 12.1 Å². The second-order valence-corrected chi connectivity index (χ2v) is 4.62. The maximum atomic E-state index is 9.69. The quantitative estimate of drug-likeness (QED) is 0.465. The highest BCUT2D eigenvalue weighted by Crippen LogP contribution is 2.34. The second-order valence-electron chi connectivity index (χ2n) is 4.62. The van der Waals surface area contributed by atoms with Crippen LogP contribution in [0.4, 0.5) is 0 Å². The van der Waals surface area contributed by atoms with Crippen LogP contribution in [-0.4, -0.2) is 63.2 Å². The number of benzene rings is 1. The normalized spacial score (nSPS) is 29.3. The Balaban J connectivity index is 2.16. The van der Waals surface area contributed by atoms with Crippen molar-refractivity contribution in [1.29, 1.82) is 0 Å². The molecule has 1 aliphatic rings. The molecule has 1 aromatic carbocycles. The molecule has 5 atom stereocenters. The molecule has 0 aliphatic carbocycles. The van der Waals surface area contributed by atoms with Gasteiger partial charge in [0.15, 0.2) is 6.29 Å². The van der Waals surface area contributed by atoms with Crippen molar-refractivity contribution < 1.29 is 35.0 Å². The summed E-state index contributed by atoms with van der Waals surface area (Å²) in [5.74, 6) is 0.0885. The number of phenols is 1. The minimum absolute atomic E-state index is 0.0885. The van der Waals surface area contributed by atoms with Crippen molar-refractivity contribution >= 4 is 0 Å². The van der Waals surface area contributed by atoms with Gasteiger partial charge in [-0.15, -0.1) is 0 Å². The van der Waals surface area contributed by atoms with Crippen LogP contribution in [0.5, 0.6) is 5.75 Å². The molecule has 1 aromatic rings. The summed E-state index contributed by atoms with van der Waals surface area (Å²) in [6.07, 6.45) is -5.23. The van der Waals surface area contributed by atoms with Crippen LogP contribution in [0.2, 0.25) is 0 Å². The van der Waals surface area contributed by atoms with Gasteiger partial charge in [-0.25, -0.2) is 0 Å². The summed E-state index contributed by atoms with van der Waals surface area (Å²) in [4.78, 5) is 0. The van der Waals surface area contributed by atoms with E-state index in [-0.39, 0.29) is 5.75 Å². The Morgan fingerprint density at radius 3 is 1.75 bits per heavy atom. The third kappa shape index (κ3) is 3.09. The van der Waals surface area contributed by atoms with E-state index in [1.807, 2.05) is 0 Å². The van der Waals surface area contributed by atoms with Gasteiger partial charge in [0.25, 0.3) is 0 Å². The van der Waals surface area contributed by atoms with Crippen LogP contribution in [0, 0.1) is 0 Å². The van der Waals surface area contributed by atoms with E-state index in [2.05, 4.69) is 0 Å². The van der Waals surface area contributed by atoms with Crippen LogP contribution in [-0.2, 0) is 9.47 Å². The fourth-order valence-electron chi connectivity index (χ4n) is 2.09. The summed E-state index contributed by atoms with van der Waals surface area (Å²) in [7, 11) is 0. The molecule has 5 N–H and O–H groups in total. The van der Waals surface area contributed by atoms with E-state index in [0.29, 0.717) is 5.56 Å². The van der Waals surface area contributed by atoms with Crippen molar-refractivity contribution in [3.8, 4) is 5.75 Å². The lowest BCUT2D eigenvalue weighted by Crippen LogP contribution is -2.45. The average Bonchev–Trinajstić information content (AvgIpc) is 2.91. The molecule has 112 valence electrons. The predicted octanol–water partition coefficient (Wildman–Crippen LogP) is -1.12. The molecular weight excluding hydrogens is 268 g/mol. The summed E-state index contributed by atoms with van der Waals surface area (Å²) in [6, 6.07) is 6.07. The maximum absolute atomic E-state index is 9.69. The fourth-order valence-corrected chi connectivity index (χ4v) is 2.09. The molecule has 1 unspecified atom stereocenters. The molecule has 1 heterocycles. The highest BCUT2D eigenvalue weighted by atomic mass is 16.7. The molecule has 0 aromatic heterocycles. The lowest BCUT2D eigenvalue weighted by Gasteiger charge is -2.23. The number of hydrogen-bond acceptors (Lipinski definition) is 7. The van der Waals surface area contributed by atoms with Gasteiger partial charge in [-0.05, 0) is 12.1 Å². The molecule has 0 bridgehead atoms. The minimum atomic E-state index is -1.23. The lowest BCUT2D eigenvalue weighted by molar-refractivity contribution is -0.0958. The molecular formula is C13H18O7. The van der Waals surface area contributed by atoms with Crippen LogP contribution in [0.15, 0.2) is 24.3 Å². The first-order chi connectivity index (χ1) is 9.56. The first-order valence-electron chi connectivity index (χ1n) is 6.24. The first kappa shape index (κ1) is 15.2. The smallest absolute Gasteiger partial charge is 0.184 e. The first-order valence-corrected chi connectivity index (χ1v) is 6.24. The Morgan fingerprint density at radius 2 is 1.35 bits per heavy atom. The zero-order valence-corrected chi connectivity index (χ0v) is 10.7. The zero-order chi connectivity index (χ0) is 14.7. The molecule has 0 amide bonds. The Bertz CT molecular complexity index is 403. The monoisotopic (exact) mass is 286 g/mol. The van der Waals surface area contributed by atoms with E-state index >= 15 is 0 Å². The SMILES string of the molecule is OC[C@@H](O)[C@@H]1OC(c2ccc(O)cc2)O[C@H]1[C@@H](O)CO. The van der Waals surface area contributed by atoms with E-state index in [0.717, 1.165) is 0 Å². The predicted molar refractivity (Wildman–Crippen MR) is 66.8 cm³/mol. The molecule has 0 saturated carbocycles. The van der Waals surface area contributed by atoms with Crippen molar-refractivity contribution in [3.63, 3.8) is 0 Å². The highest BCUT2D eigenvalue weighted by Gasteiger charge is 2.44. The third-order valence-corrected chi connectivity index (χ3v) is 3.18. The standard InChI is InChI=1S/C13H18O7/c14-5-9(17)11-12(10(18)6-15)20-13(19-11)7-1-3-8(16)4-2-7/h1-4,9-18H,5-6H2/t9-,10+,11-,12-,13?/m0/s1. The van der Waals surface area contributed by atoms with Crippen molar-refractivity contribution in [1.82, 2.24) is 0 Å². The molecule has 1 aliphatic heterocycles. The van der Waals surface area contributed by atoms with Gasteiger partial charge in [0.05, 0.1) is 13.2 Å². The van der Waals surface area contributed by atoms with E-state index in [1.165, 1.54) is 12.1 Å². The van der Waals surface area contributed by atoms with Crippen LogP contribution in [0.25, 0.3) is 0 Å². The molecule has 20 heavy (non-hydrogen) atoms. The second kappa shape index (κ2) is 6.49. The summed E-state index contributed by atoms with van der Waals surface area (Å²) >= 11 is 0. The van der Waals surface area contributed by atoms with Crippen LogP contribution in [0.3, 0.4) is 0 Å². The van der Waals surface area contributed by atoms with Gasteiger partial charge in [0, 0.05) is 5.56 Å². The average molecular weight is 286 g/mol. The highest BCUT2D eigenvalue weighted by molar-refractivity contribution is 5.27. The molecule has 0 spiro atoms. The summed E-state index contributed by atoms with van der Waals surface area (Å²) in [6.45, 7) is -1.10. The third-order valence-electron chi connectivity index (χ3n) is 3.18. The number of ether oxygens (including phenoxy) is 2. The van der Waals surface area contributed by atoms with Crippen molar-refractivity contribution in [3.05, 3.63) is 29.8 Å². The summed E-state index contributed by atoms with van der Waals surface area (Å²) < 4.78 is 11.0. The maximum Gasteiger partial charge on any atom is 0.184 e. The fraction of sp³-hybridized carbons (Fsp3) is 0.538. The molecule has 2 rings (SSSR count). The topological polar surface area (TPSA) is 120 Å². The van der Waals surface area contributed by atoms with E-state index in [4.69, 9.17) is 19.7 Å². The number of hydrogen-bond donors (Lipinski definition) is 5.